The van der Waals surface area contributed by atoms with Crippen LogP contribution in [-0.4, -0.2) is 25.6 Å². The number of rotatable bonds is 9. The van der Waals surface area contributed by atoms with Gasteiger partial charge in [0.25, 0.3) is 0 Å². The summed E-state index contributed by atoms with van der Waals surface area (Å²) in [7, 11) is -1.81. The molecule has 1 N–H and O–H groups in total. The molecule has 0 unspecified atom stereocenters. The number of aliphatic hydroxyl groups excluding tert-OH is 1. The SMILES string of the molecule is CC[C@@H](O)C/C=C/[C@@H](CCc1ccccc1)O[Si](C)(C)C(C)(C)C. The zero-order valence-corrected chi connectivity index (χ0v) is 17.4. The monoisotopic (exact) mass is 348 g/mol. The van der Waals surface area contributed by atoms with Crippen LogP contribution in [0.3, 0.4) is 0 Å². The van der Waals surface area contributed by atoms with E-state index in [1.165, 1.54) is 5.56 Å². The van der Waals surface area contributed by atoms with Gasteiger partial charge in [-0.25, -0.2) is 0 Å². The van der Waals surface area contributed by atoms with Gasteiger partial charge in [0, 0.05) is 0 Å². The summed E-state index contributed by atoms with van der Waals surface area (Å²) in [6, 6.07) is 10.6. The fraction of sp³-hybridized carbons (Fsp3) is 0.619. The topological polar surface area (TPSA) is 29.5 Å². The van der Waals surface area contributed by atoms with Crippen LogP contribution in [0.1, 0.15) is 52.5 Å². The third-order valence-corrected chi connectivity index (χ3v) is 9.55. The van der Waals surface area contributed by atoms with Gasteiger partial charge in [-0.05, 0) is 49.4 Å². The highest BCUT2D eigenvalue weighted by atomic mass is 28.4. The minimum atomic E-state index is -1.81. The molecule has 2 nitrogen and oxygen atoms in total. The third-order valence-electron chi connectivity index (χ3n) is 5.04. The number of benzene rings is 1. The molecular formula is C21H36O2Si. The summed E-state index contributed by atoms with van der Waals surface area (Å²) >= 11 is 0. The van der Waals surface area contributed by atoms with Gasteiger partial charge in [0.1, 0.15) is 0 Å². The maximum atomic E-state index is 9.76. The Bertz CT molecular complexity index is 488. The zero-order chi connectivity index (χ0) is 18.2. The van der Waals surface area contributed by atoms with Crippen molar-refractivity contribution in [3.63, 3.8) is 0 Å². The Morgan fingerprint density at radius 1 is 1.17 bits per heavy atom. The average molecular weight is 349 g/mol. The first-order valence-electron chi connectivity index (χ1n) is 9.22. The van der Waals surface area contributed by atoms with Crippen molar-refractivity contribution < 1.29 is 9.53 Å². The van der Waals surface area contributed by atoms with E-state index in [1.807, 2.05) is 6.92 Å². The predicted octanol–water partition coefficient (Wildman–Crippen LogP) is 5.73. The first-order chi connectivity index (χ1) is 11.2. The molecule has 0 spiro atoms. The molecule has 0 aliphatic heterocycles. The Labute approximate surface area is 150 Å². The minimum Gasteiger partial charge on any atom is -0.411 e. The molecule has 0 radical (unpaired) electrons. The van der Waals surface area contributed by atoms with Crippen molar-refractivity contribution in [3.8, 4) is 0 Å². The molecule has 1 aromatic rings. The Morgan fingerprint density at radius 2 is 1.79 bits per heavy atom. The van der Waals surface area contributed by atoms with Crippen molar-refractivity contribution >= 4 is 8.32 Å². The number of aliphatic hydroxyl groups is 1. The van der Waals surface area contributed by atoms with E-state index in [1.54, 1.807) is 0 Å². The molecule has 0 aromatic heterocycles. The standard InChI is InChI=1S/C21H36O2Si/c1-7-19(22)14-11-15-20(23-24(5,6)21(2,3)4)17-16-18-12-9-8-10-13-18/h8-13,15,19-20,22H,7,14,16-17H2,1-6H3/b15-11+/t19-,20+/m1/s1. The van der Waals surface area contributed by atoms with E-state index >= 15 is 0 Å². The van der Waals surface area contributed by atoms with Gasteiger partial charge in [0.2, 0.25) is 0 Å². The van der Waals surface area contributed by atoms with Crippen LogP contribution in [0, 0.1) is 0 Å². The van der Waals surface area contributed by atoms with E-state index in [0.29, 0.717) is 6.42 Å². The normalized spacial score (nSPS) is 15.6. The Kier molecular flexibility index (Phi) is 8.41. The highest BCUT2D eigenvalue weighted by Gasteiger charge is 2.38. The molecule has 0 aliphatic carbocycles. The van der Waals surface area contributed by atoms with Gasteiger partial charge in [-0.15, -0.1) is 0 Å². The summed E-state index contributed by atoms with van der Waals surface area (Å²) < 4.78 is 6.61. The van der Waals surface area contributed by atoms with Crippen LogP contribution in [0.4, 0.5) is 0 Å². The van der Waals surface area contributed by atoms with Crippen molar-refractivity contribution in [3.05, 3.63) is 48.0 Å². The highest BCUT2D eigenvalue weighted by Crippen LogP contribution is 2.37. The van der Waals surface area contributed by atoms with Crippen LogP contribution in [0.2, 0.25) is 18.1 Å². The summed E-state index contributed by atoms with van der Waals surface area (Å²) in [4.78, 5) is 0. The fourth-order valence-corrected chi connectivity index (χ4v) is 3.56. The number of aryl methyl sites for hydroxylation is 1. The fourth-order valence-electron chi connectivity index (χ4n) is 2.26. The molecule has 0 saturated carbocycles. The highest BCUT2D eigenvalue weighted by molar-refractivity contribution is 6.74. The molecule has 0 amide bonds. The summed E-state index contributed by atoms with van der Waals surface area (Å²) in [6.07, 6.45) is 7.63. The lowest BCUT2D eigenvalue weighted by Gasteiger charge is -2.38. The van der Waals surface area contributed by atoms with Crippen LogP contribution in [0.5, 0.6) is 0 Å². The molecule has 1 rings (SSSR count). The first kappa shape index (κ1) is 21.1. The Balaban J connectivity index is 2.75. The molecule has 136 valence electrons. The lowest BCUT2D eigenvalue weighted by Crippen LogP contribution is -2.43. The van der Waals surface area contributed by atoms with E-state index in [4.69, 9.17) is 4.43 Å². The van der Waals surface area contributed by atoms with E-state index in [2.05, 4.69) is 76.3 Å². The quantitative estimate of drug-likeness (QED) is 0.456. The summed E-state index contributed by atoms with van der Waals surface area (Å²) in [5, 5.41) is 9.96. The van der Waals surface area contributed by atoms with Gasteiger partial charge in [-0.3, -0.25) is 0 Å². The Morgan fingerprint density at radius 3 is 2.33 bits per heavy atom. The average Bonchev–Trinajstić information content (AvgIpc) is 2.51. The predicted molar refractivity (Wildman–Crippen MR) is 107 cm³/mol. The maximum Gasteiger partial charge on any atom is 0.192 e. The van der Waals surface area contributed by atoms with Gasteiger partial charge in [-0.1, -0.05) is 70.2 Å². The molecule has 24 heavy (non-hydrogen) atoms. The van der Waals surface area contributed by atoms with Crippen molar-refractivity contribution in [2.24, 2.45) is 0 Å². The second kappa shape index (κ2) is 9.55. The van der Waals surface area contributed by atoms with E-state index in [0.717, 1.165) is 19.3 Å². The van der Waals surface area contributed by atoms with E-state index in [-0.39, 0.29) is 17.2 Å². The molecular weight excluding hydrogens is 312 g/mol. The van der Waals surface area contributed by atoms with Crippen molar-refractivity contribution in [2.45, 2.75) is 83.7 Å². The van der Waals surface area contributed by atoms with Gasteiger partial charge >= 0.3 is 0 Å². The Hall–Kier alpha value is -0.903. The minimum absolute atomic E-state index is 0.121. The molecule has 3 heteroatoms. The molecule has 0 saturated heterocycles. The lowest BCUT2D eigenvalue weighted by molar-refractivity contribution is 0.172. The molecule has 0 aliphatic rings. The van der Waals surface area contributed by atoms with Crippen molar-refractivity contribution in [2.75, 3.05) is 0 Å². The molecule has 2 atom stereocenters. The lowest BCUT2D eigenvalue weighted by atomic mass is 10.1. The van der Waals surface area contributed by atoms with Crippen LogP contribution in [0.15, 0.2) is 42.5 Å². The smallest absolute Gasteiger partial charge is 0.192 e. The van der Waals surface area contributed by atoms with Gasteiger partial charge in [0.15, 0.2) is 8.32 Å². The number of hydrogen-bond donors (Lipinski definition) is 1. The second-order valence-corrected chi connectivity index (χ2v) is 12.9. The molecule has 0 fully saturated rings. The van der Waals surface area contributed by atoms with E-state index < -0.39 is 8.32 Å². The van der Waals surface area contributed by atoms with E-state index in [9.17, 15) is 5.11 Å². The number of hydrogen-bond acceptors (Lipinski definition) is 2. The third kappa shape index (κ3) is 7.33. The van der Waals surface area contributed by atoms with Gasteiger partial charge in [-0.2, -0.15) is 0 Å². The van der Waals surface area contributed by atoms with Crippen LogP contribution < -0.4 is 0 Å². The van der Waals surface area contributed by atoms with Gasteiger partial charge in [0.05, 0.1) is 12.2 Å². The first-order valence-corrected chi connectivity index (χ1v) is 12.1. The molecule has 0 bridgehead atoms. The summed E-state index contributed by atoms with van der Waals surface area (Å²) in [6.45, 7) is 13.4. The summed E-state index contributed by atoms with van der Waals surface area (Å²) in [5.41, 5.74) is 1.35. The van der Waals surface area contributed by atoms with Gasteiger partial charge < -0.3 is 9.53 Å². The van der Waals surface area contributed by atoms with Crippen molar-refractivity contribution in [1.82, 2.24) is 0 Å². The van der Waals surface area contributed by atoms with Crippen LogP contribution in [-0.2, 0) is 10.8 Å². The van der Waals surface area contributed by atoms with Crippen LogP contribution >= 0.6 is 0 Å². The largest absolute Gasteiger partial charge is 0.411 e. The van der Waals surface area contributed by atoms with Crippen molar-refractivity contribution in [1.29, 1.82) is 0 Å². The molecule has 1 aromatic carbocycles. The molecule has 0 heterocycles. The maximum absolute atomic E-state index is 9.76. The van der Waals surface area contributed by atoms with Crippen LogP contribution in [0.25, 0.3) is 0 Å². The second-order valence-electron chi connectivity index (χ2n) is 8.17. The summed E-state index contributed by atoms with van der Waals surface area (Å²) in [5.74, 6) is 0. The zero-order valence-electron chi connectivity index (χ0n) is 16.4.